The Morgan fingerprint density at radius 1 is 1.14 bits per heavy atom. The van der Waals surface area contributed by atoms with Gasteiger partial charge in [-0.2, -0.15) is 13.2 Å². The van der Waals surface area contributed by atoms with Gasteiger partial charge in [-0.3, -0.25) is 14.9 Å². The third kappa shape index (κ3) is 5.67. The number of esters is 1. The van der Waals surface area contributed by atoms with Crippen molar-refractivity contribution in [3.05, 3.63) is 63.7 Å². The SMILES string of the molecule is CN(C)c1ccc([N+](=O)[O-])cc1C(=O)OCC(=O)Nc1ccc(C(F)(F)F)cc1. The molecule has 0 radical (unpaired) electrons. The number of nitrogens with zero attached hydrogens (tertiary/aromatic N) is 2. The summed E-state index contributed by atoms with van der Waals surface area (Å²) in [6, 6.07) is 7.36. The maximum atomic E-state index is 12.5. The number of nitrogens with one attached hydrogen (secondary N) is 1. The van der Waals surface area contributed by atoms with Crippen molar-refractivity contribution in [1.29, 1.82) is 0 Å². The topological polar surface area (TPSA) is 102 Å². The van der Waals surface area contributed by atoms with Crippen LogP contribution in [0, 0.1) is 10.1 Å². The molecule has 0 unspecified atom stereocenters. The van der Waals surface area contributed by atoms with Crippen molar-refractivity contribution >= 4 is 28.9 Å². The van der Waals surface area contributed by atoms with E-state index in [0.717, 1.165) is 30.3 Å². The van der Waals surface area contributed by atoms with Crippen molar-refractivity contribution in [2.24, 2.45) is 0 Å². The van der Waals surface area contributed by atoms with Crippen LogP contribution in [-0.2, 0) is 15.7 Å². The number of anilines is 2. The highest BCUT2D eigenvalue weighted by Crippen LogP contribution is 2.30. The zero-order valence-corrected chi connectivity index (χ0v) is 15.3. The second kappa shape index (κ2) is 8.59. The maximum absolute atomic E-state index is 12.5. The lowest BCUT2D eigenvalue weighted by atomic mass is 10.1. The molecule has 11 heteroatoms. The molecule has 29 heavy (non-hydrogen) atoms. The minimum Gasteiger partial charge on any atom is -0.452 e. The van der Waals surface area contributed by atoms with Crippen molar-refractivity contribution < 1.29 is 32.4 Å². The normalized spacial score (nSPS) is 10.9. The van der Waals surface area contributed by atoms with Gasteiger partial charge in [-0.25, -0.2) is 4.79 Å². The van der Waals surface area contributed by atoms with Crippen LogP contribution in [-0.4, -0.2) is 37.5 Å². The van der Waals surface area contributed by atoms with Gasteiger partial charge in [0.15, 0.2) is 6.61 Å². The molecule has 8 nitrogen and oxygen atoms in total. The molecule has 0 fully saturated rings. The Balaban J connectivity index is 2.04. The Labute approximate surface area is 163 Å². The first-order chi connectivity index (χ1) is 13.5. The lowest BCUT2D eigenvalue weighted by molar-refractivity contribution is -0.384. The highest BCUT2D eigenvalue weighted by molar-refractivity contribution is 5.99. The van der Waals surface area contributed by atoms with Gasteiger partial charge in [-0.15, -0.1) is 0 Å². The summed E-state index contributed by atoms with van der Waals surface area (Å²) < 4.78 is 42.5. The molecule has 0 aliphatic carbocycles. The second-order valence-electron chi connectivity index (χ2n) is 6.05. The predicted molar refractivity (Wildman–Crippen MR) is 97.8 cm³/mol. The van der Waals surface area contributed by atoms with Gasteiger partial charge in [0.1, 0.15) is 0 Å². The standard InChI is InChI=1S/C18H16F3N3O5/c1-23(2)15-8-7-13(24(27)28)9-14(15)17(26)29-10-16(25)22-12-5-3-11(4-6-12)18(19,20)21/h3-9H,10H2,1-2H3,(H,22,25). The monoisotopic (exact) mass is 411 g/mol. The summed E-state index contributed by atoms with van der Waals surface area (Å²) >= 11 is 0. The number of alkyl halides is 3. The van der Waals surface area contributed by atoms with Crippen LogP contribution < -0.4 is 10.2 Å². The van der Waals surface area contributed by atoms with E-state index in [1.807, 2.05) is 0 Å². The van der Waals surface area contributed by atoms with E-state index in [1.165, 1.54) is 12.1 Å². The van der Waals surface area contributed by atoms with Gasteiger partial charge in [0, 0.05) is 31.9 Å². The third-order valence-electron chi connectivity index (χ3n) is 3.72. The Morgan fingerprint density at radius 2 is 1.76 bits per heavy atom. The Hall–Kier alpha value is -3.63. The van der Waals surface area contributed by atoms with Crippen molar-refractivity contribution in [1.82, 2.24) is 0 Å². The number of rotatable bonds is 6. The Morgan fingerprint density at radius 3 is 2.28 bits per heavy atom. The van der Waals surface area contributed by atoms with Gasteiger partial charge in [-0.05, 0) is 30.3 Å². The van der Waals surface area contributed by atoms with Crippen LogP contribution >= 0.6 is 0 Å². The smallest absolute Gasteiger partial charge is 0.416 e. The molecular weight excluding hydrogens is 395 g/mol. The van der Waals surface area contributed by atoms with E-state index in [1.54, 1.807) is 19.0 Å². The van der Waals surface area contributed by atoms with Crippen LogP contribution in [0.5, 0.6) is 0 Å². The minimum absolute atomic E-state index is 0.0865. The van der Waals surface area contributed by atoms with Crippen molar-refractivity contribution in [2.75, 3.05) is 30.9 Å². The lowest BCUT2D eigenvalue weighted by Crippen LogP contribution is -2.22. The number of nitro groups is 1. The Bertz CT molecular complexity index is 927. The van der Waals surface area contributed by atoms with Crippen molar-refractivity contribution in [3.63, 3.8) is 0 Å². The van der Waals surface area contributed by atoms with E-state index in [0.29, 0.717) is 5.69 Å². The van der Waals surface area contributed by atoms with Gasteiger partial charge < -0.3 is 15.0 Å². The van der Waals surface area contributed by atoms with E-state index < -0.39 is 35.1 Å². The molecule has 154 valence electrons. The molecule has 0 saturated carbocycles. The molecule has 0 heterocycles. The minimum atomic E-state index is -4.50. The predicted octanol–water partition coefficient (Wildman–Crippen LogP) is 3.48. The van der Waals surface area contributed by atoms with Gasteiger partial charge in [0.05, 0.1) is 21.7 Å². The number of nitro benzene ring substituents is 1. The fraction of sp³-hybridized carbons (Fsp3) is 0.222. The van der Waals surface area contributed by atoms with E-state index in [2.05, 4.69) is 5.32 Å². The van der Waals surface area contributed by atoms with Gasteiger partial charge in [0.25, 0.3) is 11.6 Å². The summed E-state index contributed by atoms with van der Waals surface area (Å²) in [5.74, 6) is -1.74. The second-order valence-corrected chi connectivity index (χ2v) is 6.05. The van der Waals surface area contributed by atoms with Gasteiger partial charge in [-0.1, -0.05) is 0 Å². The molecule has 1 amide bonds. The molecule has 2 rings (SSSR count). The van der Waals surface area contributed by atoms with E-state index in [4.69, 9.17) is 4.74 Å². The number of hydrogen-bond donors (Lipinski definition) is 1. The summed E-state index contributed by atoms with van der Waals surface area (Å²) in [6.07, 6.45) is -4.50. The number of non-ortho nitro benzene ring substituents is 1. The molecule has 0 bridgehead atoms. The van der Waals surface area contributed by atoms with Crippen molar-refractivity contribution in [3.8, 4) is 0 Å². The molecule has 0 saturated heterocycles. The number of halogens is 3. The number of benzene rings is 2. The fourth-order valence-corrected chi connectivity index (χ4v) is 2.34. The first kappa shape index (κ1) is 21.7. The third-order valence-corrected chi connectivity index (χ3v) is 3.72. The summed E-state index contributed by atoms with van der Waals surface area (Å²) in [4.78, 5) is 36.0. The van der Waals surface area contributed by atoms with E-state index >= 15 is 0 Å². The summed E-state index contributed by atoms with van der Waals surface area (Å²) in [7, 11) is 3.24. The van der Waals surface area contributed by atoms with Crippen LogP contribution in [0.15, 0.2) is 42.5 Å². The highest BCUT2D eigenvalue weighted by Gasteiger charge is 2.30. The molecule has 0 aromatic heterocycles. The molecule has 0 aliphatic heterocycles. The van der Waals surface area contributed by atoms with E-state index in [9.17, 15) is 32.9 Å². The first-order valence-electron chi connectivity index (χ1n) is 8.09. The zero-order valence-electron chi connectivity index (χ0n) is 15.3. The number of carbonyl (C=O) groups excluding carboxylic acids is 2. The van der Waals surface area contributed by atoms with Crippen LogP contribution in [0.1, 0.15) is 15.9 Å². The molecule has 0 aliphatic rings. The molecule has 2 aromatic carbocycles. The largest absolute Gasteiger partial charge is 0.452 e. The number of hydrogen-bond acceptors (Lipinski definition) is 6. The van der Waals surface area contributed by atoms with Crippen LogP contribution in [0.2, 0.25) is 0 Å². The average Bonchev–Trinajstić information content (AvgIpc) is 2.65. The molecular formula is C18H16F3N3O5. The molecule has 0 spiro atoms. The fourth-order valence-electron chi connectivity index (χ4n) is 2.34. The summed E-state index contributed by atoms with van der Waals surface area (Å²) in [6.45, 7) is -0.727. The zero-order chi connectivity index (χ0) is 21.8. The maximum Gasteiger partial charge on any atom is 0.416 e. The van der Waals surface area contributed by atoms with Crippen LogP contribution in [0.3, 0.4) is 0 Å². The number of carbonyl (C=O) groups is 2. The molecule has 1 N–H and O–H groups in total. The first-order valence-corrected chi connectivity index (χ1v) is 8.09. The number of amides is 1. The molecule has 2 aromatic rings. The van der Waals surface area contributed by atoms with Crippen molar-refractivity contribution in [2.45, 2.75) is 6.18 Å². The lowest BCUT2D eigenvalue weighted by Gasteiger charge is -2.16. The van der Waals surface area contributed by atoms with E-state index in [-0.39, 0.29) is 16.9 Å². The summed E-state index contributed by atoms with van der Waals surface area (Å²) in [5, 5.41) is 13.2. The highest BCUT2D eigenvalue weighted by atomic mass is 19.4. The van der Waals surface area contributed by atoms with Crippen LogP contribution in [0.25, 0.3) is 0 Å². The van der Waals surface area contributed by atoms with Gasteiger partial charge >= 0.3 is 12.1 Å². The molecule has 0 atom stereocenters. The van der Waals surface area contributed by atoms with Gasteiger partial charge in [0.2, 0.25) is 0 Å². The average molecular weight is 411 g/mol. The van der Waals surface area contributed by atoms with Crippen LogP contribution in [0.4, 0.5) is 30.2 Å². The summed E-state index contributed by atoms with van der Waals surface area (Å²) in [5.41, 5.74) is -0.862. The number of ether oxygens (including phenoxy) is 1. The quantitative estimate of drug-likeness (QED) is 0.444. The Kier molecular flexibility index (Phi) is 6.42.